The summed E-state index contributed by atoms with van der Waals surface area (Å²) in [5, 5.41) is 22.4. The van der Waals surface area contributed by atoms with Crippen LogP contribution in [0.2, 0.25) is 0 Å². The molecule has 170 valence electrons. The molecule has 0 aromatic heterocycles. The molecule has 0 heterocycles. The molecule has 8 atom stereocenters. The third-order valence-corrected chi connectivity index (χ3v) is 9.92. The molecular formula is C24H39NO5. The molecule has 3 unspecified atom stereocenters. The van der Waals surface area contributed by atoms with Crippen LogP contribution in [-0.2, 0) is 9.53 Å². The maximum Gasteiger partial charge on any atom is 0.407 e. The second kappa shape index (κ2) is 8.33. The maximum absolute atomic E-state index is 12.4. The van der Waals surface area contributed by atoms with Gasteiger partial charge in [0.1, 0.15) is 6.10 Å². The number of amides is 1. The monoisotopic (exact) mass is 421 g/mol. The summed E-state index contributed by atoms with van der Waals surface area (Å²) in [6.45, 7) is 2.41. The van der Waals surface area contributed by atoms with E-state index in [4.69, 9.17) is 4.74 Å². The largest absolute Gasteiger partial charge is 0.481 e. The fourth-order valence-corrected chi connectivity index (χ4v) is 8.74. The molecule has 3 N–H and O–H groups in total. The fraction of sp³-hybridized carbons (Fsp3) is 0.917. The molecule has 6 heteroatoms. The predicted molar refractivity (Wildman–Crippen MR) is 113 cm³/mol. The Morgan fingerprint density at radius 1 is 1.07 bits per heavy atom. The van der Waals surface area contributed by atoms with Gasteiger partial charge in [0.2, 0.25) is 0 Å². The second-order valence-electron chi connectivity index (χ2n) is 10.7. The number of carboxylic acids is 1. The highest BCUT2D eigenvalue weighted by Crippen LogP contribution is 2.69. The summed E-state index contributed by atoms with van der Waals surface area (Å²) in [6, 6.07) is 0. The molecule has 4 fully saturated rings. The summed E-state index contributed by atoms with van der Waals surface area (Å²) in [5.41, 5.74) is -0.178. The Hall–Kier alpha value is -1.30. The first-order valence-corrected chi connectivity index (χ1v) is 12.1. The lowest BCUT2D eigenvalue weighted by molar-refractivity contribution is -0.172. The number of fused-ring (bicyclic) bond motifs is 5. The highest BCUT2D eigenvalue weighted by molar-refractivity contribution is 5.72. The first-order chi connectivity index (χ1) is 14.4. The zero-order chi connectivity index (χ0) is 21.5. The first-order valence-electron chi connectivity index (χ1n) is 12.1. The van der Waals surface area contributed by atoms with Gasteiger partial charge in [-0.2, -0.15) is 0 Å². The van der Waals surface area contributed by atoms with Crippen molar-refractivity contribution >= 4 is 12.1 Å². The number of hydrogen-bond donors (Lipinski definition) is 3. The summed E-state index contributed by atoms with van der Waals surface area (Å²) in [6.07, 6.45) is 10.4. The van der Waals surface area contributed by atoms with Gasteiger partial charge in [-0.1, -0.05) is 19.8 Å². The molecule has 30 heavy (non-hydrogen) atoms. The number of rotatable bonds is 5. The van der Waals surface area contributed by atoms with Crippen LogP contribution in [0.5, 0.6) is 0 Å². The van der Waals surface area contributed by atoms with Crippen LogP contribution in [0.4, 0.5) is 4.79 Å². The molecule has 0 aromatic rings. The molecule has 4 aliphatic rings. The van der Waals surface area contributed by atoms with Gasteiger partial charge in [0.15, 0.2) is 0 Å². The van der Waals surface area contributed by atoms with Gasteiger partial charge in [-0.3, -0.25) is 4.79 Å². The third-order valence-electron chi connectivity index (χ3n) is 9.92. The number of hydrogen-bond acceptors (Lipinski definition) is 4. The Bertz CT molecular complexity index is 668. The van der Waals surface area contributed by atoms with E-state index in [0.717, 1.165) is 25.2 Å². The Morgan fingerprint density at radius 3 is 2.57 bits per heavy atom. The maximum atomic E-state index is 12.4. The number of aliphatic hydroxyl groups excluding tert-OH is 1. The lowest BCUT2D eigenvalue weighted by atomic mass is 9.43. The molecule has 1 amide bonds. The van der Waals surface area contributed by atoms with Gasteiger partial charge in [0.05, 0.1) is 5.92 Å². The van der Waals surface area contributed by atoms with E-state index in [-0.39, 0.29) is 12.5 Å². The van der Waals surface area contributed by atoms with Crippen LogP contribution >= 0.6 is 0 Å². The zero-order valence-corrected chi connectivity index (χ0v) is 18.6. The molecule has 4 rings (SSSR count). The molecule has 4 aliphatic carbocycles. The van der Waals surface area contributed by atoms with Crippen molar-refractivity contribution in [2.75, 3.05) is 13.7 Å². The molecule has 0 bridgehead atoms. The summed E-state index contributed by atoms with van der Waals surface area (Å²) in [4.78, 5) is 24.5. The number of aliphatic hydroxyl groups is 1. The molecule has 0 aliphatic heterocycles. The number of aliphatic carboxylic acids is 1. The lowest BCUT2D eigenvalue weighted by Gasteiger charge is -2.61. The molecule has 0 radical (unpaired) electrons. The minimum atomic E-state index is -0.767. The Morgan fingerprint density at radius 2 is 1.87 bits per heavy atom. The van der Waals surface area contributed by atoms with Crippen LogP contribution in [0, 0.1) is 40.4 Å². The minimum Gasteiger partial charge on any atom is -0.481 e. The highest BCUT2D eigenvalue weighted by Gasteiger charge is 2.65. The smallest absolute Gasteiger partial charge is 0.407 e. The Labute approximate surface area is 180 Å². The van der Waals surface area contributed by atoms with Gasteiger partial charge >= 0.3 is 12.1 Å². The highest BCUT2D eigenvalue weighted by atomic mass is 16.6. The molecule has 6 nitrogen and oxygen atoms in total. The average Bonchev–Trinajstić information content (AvgIpc) is 3.14. The van der Waals surface area contributed by atoms with E-state index < -0.39 is 29.5 Å². The molecular weight excluding hydrogens is 382 g/mol. The van der Waals surface area contributed by atoms with Crippen LogP contribution in [0.1, 0.15) is 77.6 Å². The topological polar surface area (TPSA) is 95.9 Å². The van der Waals surface area contributed by atoms with Crippen LogP contribution < -0.4 is 5.32 Å². The van der Waals surface area contributed by atoms with E-state index >= 15 is 0 Å². The fourth-order valence-electron chi connectivity index (χ4n) is 8.74. The van der Waals surface area contributed by atoms with Crippen molar-refractivity contribution in [2.45, 2.75) is 83.7 Å². The van der Waals surface area contributed by atoms with Gasteiger partial charge in [0, 0.05) is 25.5 Å². The van der Waals surface area contributed by atoms with E-state index in [9.17, 15) is 19.8 Å². The number of ether oxygens (including phenoxy) is 1. The molecule has 0 saturated heterocycles. The average molecular weight is 422 g/mol. The van der Waals surface area contributed by atoms with Crippen LogP contribution in [0.25, 0.3) is 0 Å². The van der Waals surface area contributed by atoms with Crippen molar-refractivity contribution in [3.63, 3.8) is 0 Å². The van der Waals surface area contributed by atoms with E-state index in [2.05, 4.69) is 12.2 Å². The van der Waals surface area contributed by atoms with Gasteiger partial charge in [-0.15, -0.1) is 0 Å². The third kappa shape index (κ3) is 3.25. The Balaban J connectivity index is 1.70. The summed E-state index contributed by atoms with van der Waals surface area (Å²) >= 11 is 0. The minimum absolute atomic E-state index is 0.101. The van der Waals surface area contributed by atoms with Crippen molar-refractivity contribution in [1.82, 2.24) is 5.32 Å². The predicted octanol–water partition coefficient (Wildman–Crippen LogP) is 4.21. The van der Waals surface area contributed by atoms with Gasteiger partial charge in [-0.05, 0) is 80.5 Å². The van der Waals surface area contributed by atoms with E-state index in [1.165, 1.54) is 45.6 Å². The summed E-state index contributed by atoms with van der Waals surface area (Å²) < 4.78 is 5.80. The molecule has 4 saturated carbocycles. The SMILES string of the molecule is CNC(=O)OC(CCO)[C@]12CC[C@H]3[C@@H](CCC4CCCC[C@@]43C)[C@@H]1CCC2C(=O)O. The van der Waals surface area contributed by atoms with Gasteiger partial charge < -0.3 is 20.3 Å². The van der Waals surface area contributed by atoms with Crippen LogP contribution in [-0.4, -0.2) is 42.0 Å². The van der Waals surface area contributed by atoms with E-state index in [1.54, 1.807) is 0 Å². The second-order valence-corrected chi connectivity index (χ2v) is 10.7. The van der Waals surface area contributed by atoms with Crippen molar-refractivity contribution in [1.29, 1.82) is 0 Å². The first kappa shape index (κ1) is 21.9. The van der Waals surface area contributed by atoms with Gasteiger partial charge in [0.25, 0.3) is 0 Å². The van der Waals surface area contributed by atoms with E-state index in [1.807, 2.05) is 0 Å². The number of carbonyl (C=O) groups excluding carboxylic acids is 1. The zero-order valence-electron chi connectivity index (χ0n) is 18.6. The number of alkyl carbamates (subject to hydrolysis) is 1. The van der Waals surface area contributed by atoms with Crippen LogP contribution in [0.3, 0.4) is 0 Å². The van der Waals surface area contributed by atoms with Crippen molar-refractivity contribution in [3.05, 3.63) is 0 Å². The lowest BCUT2D eigenvalue weighted by Crippen LogP contribution is -2.58. The normalized spacial score (nSPS) is 43.6. The Kier molecular flexibility index (Phi) is 6.08. The molecule has 0 spiro atoms. The van der Waals surface area contributed by atoms with Crippen molar-refractivity contribution < 1.29 is 24.5 Å². The number of carbonyl (C=O) groups is 2. The van der Waals surface area contributed by atoms with Crippen LogP contribution in [0.15, 0.2) is 0 Å². The quantitative estimate of drug-likeness (QED) is 0.618. The summed E-state index contributed by atoms with van der Waals surface area (Å²) in [7, 11) is 1.53. The number of nitrogens with one attached hydrogen (secondary N) is 1. The van der Waals surface area contributed by atoms with Crippen molar-refractivity contribution in [3.8, 4) is 0 Å². The van der Waals surface area contributed by atoms with E-state index in [0.29, 0.717) is 30.1 Å². The summed E-state index contributed by atoms with van der Waals surface area (Å²) in [5.74, 6) is 0.970. The number of carboxylic acid groups (broad SMARTS) is 1. The molecule has 0 aromatic carbocycles. The van der Waals surface area contributed by atoms with Gasteiger partial charge in [-0.25, -0.2) is 4.79 Å². The standard InChI is InChI=1S/C24H39NO5/c1-23-12-4-3-5-15(23)6-7-16-17(23)10-13-24(18(16)8-9-19(24)21(27)28)20(11-14-26)30-22(29)25-2/h15-20,26H,3-14H2,1-2H3,(H,25,29)(H,27,28)/t15?,16-,17+,18+,19?,20?,23+,24-/m1/s1. The van der Waals surface area contributed by atoms with Crippen molar-refractivity contribution in [2.24, 2.45) is 40.4 Å².